The number of nitrogens with zero attached hydrogens (tertiary/aromatic N) is 3. The van der Waals surface area contributed by atoms with E-state index in [4.69, 9.17) is 4.74 Å². The van der Waals surface area contributed by atoms with Crippen molar-refractivity contribution < 1.29 is 19.2 Å². The summed E-state index contributed by atoms with van der Waals surface area (Å²) in [5.74, 6) is -0.562. The van der Waals surface area contributed by atoms with Crippen LogP contribution in [0.15, 0.2) is 18.2 Å². The summed E-state index contributed by atoms with van der Waals surface area (Å²) in [4.78, 5) is 38.8. The van der Waals surface area contributed by atoms with Crippen molar-refractivity contribution in [3.05, 3.63) is 33.9 Å². The summed E-state index contributed by atoms with van der Waals surface area (Å²) in [6, 6.07) is 4.35. The fourth-order valence-electron chi connectivity index (χ4n) is 3.35. The van der Waals surface area contributed by atoms with E-state index in [-0.39, 0.29) is 23.8 Å². The third-order valence-electron chi connectivity index (χ3n) is 4.85. The highest BCUT2D eigenvalue weighted by atomic mass is 16.6. The van der Waals surface area contributed by atoms with E-state index in [2.05, 4.69) is 6.92 Å². The summed E-state index contributed by atoms with van der Waals surface area (Å²) in [6.07, 6.45) is 2.09. The monoisotopic (exact) mass is 377 g/mol. The van der Waals surface area contributed by atoms with Gasteiger partial charge in [0.1, 0.15) is 5.69 Å². The zero-order chi connectivity index (χ0) is 20.0. The predicted octanol–water partition coefficient (Wildman–Crippen LogP) is 2.86. The molecule has 0 N–H and O–H groups in total. The first kappa shape index (κ1) is 20.7. The first-order valence-electron chi connectivity index (χ1n) is 9.35. The van der Waals surface area contributed by atoms with Gasteiger partial charge in [-0.15, -0.1) is 0 Å². The molecule has 0 bridgehead atoms. The second-order valence-electron chi connectivity index (χ2n) is 6.80. The SMILES string of the molecule is CCN(CC)C(=O)COC(=O)c1ccc(N2CCCC(C)C2)c([N+](=O)[O-])c1. The molecule has 1 aromatic carbocycles. The van der Waals surface area contributed by atoms with Crippen LogP contribution in [0.5, 0.6) is 0 Å². The molecule has 0 saturated carbocycles. The lowest BCUT2D eigenvalue weighted by molar-refractivity contribution is -0.384. The maximum absolute atomic E-state index is 12.2. The lowest BCUT2D eigenvalue weighted by atomic mass is 9.99. The van der Waals surface area contributed by atoms with Gasteiger partial charge in [0.05, 0.1) is 10.5 Å². The van der Waals surface area contributed by atoms with Gasteiger partial charge in [-0.25, -0.2) is 4.79 Å². The Labute approximate surface area is 159 Å². The van der Waals surface area contributed by atoms with E-state index < -0.39 is 10.9 Å². The van der Waals surface area contributed by atoms with Crippen LogP contribution in [-0.2, 0) is 9.53 Å². The molecule has 27 heavy (non-hydrogen) atoms. The van der Waals surface area contributed by atoms with Crippen molar-refractivity contribution in [1.82, 2.24) is 4.90 Å². The van der Waals surface area contributed by atoms with E-state index in [1.165, 1.54) is 12.1 Å². The summed E-state index contributed by atoms with van der Waals surface area (Å²) in [7, 11) is 0. The number of nitro groups is 1. The topological polar surface area (TPSA) is 93.0 Å². The number of benzene rings is 1. The number of piperidine rings is 1. The Hall–Kier alpha value is -2.64. The van der Waals surface area contributed by atoms with Gasteiger partial charge in [0.2, 0.25) is 0 Å². The Morgan fingerprint density at radius 3 is 2.63 bits per heavy atom. The highest BCUT2D eigenvalue weighted by Gasteiger charge is 2.25. The second kappa shape index (κ2) is 9.34. The number of ether oxygens (including phenoxy) is 1. The van der Waals surface area contributed by atoms with E-state index in [9.17, 15) is 19.7 Å². The van der Waals surface area contributed by atoms with Gasteiger partial charge in [0, 0.05) is 32.2 Å². The summed E-state index contributed by atoms with van der Waals surface area (Å²) >= 11 is 0. The molecule has 0 aliphatic carbocycles. The Morgan fingerprint density at radius 2 is 2.04 bits per heavy atom. The van der Waals surface area contributed by atoms with Gasteiger partial charge in [-0.1, -0.05) is 6.92 Å². The summed E-state index contributed by atoms with van der Waals surface area (Å²) in [5.41, 5.74) is 0.471. The molecule has 1 heterocycles. The number of hydrogen-bond acceptors (Lipinski definition) is 6. The number of hydrogen-bond donors (Lipinski definition) is 0. The second-order valence-corrected chi connectivity index (χ2v) is 6.80. The largest absolute Gasteiger partial charge is 0.452 e. The van der Waals surface area contributed by atoms with Crippen LogP contribution in [0, 0.1) is 16.0 Å². The molecule has 0 radical (unpaired) electrons. The molecule has 1 unspecified atom stereocenters. The molecule has 148 valence electrons. The van der Waals surface area contributed by atoms with Crippen LogP contribution in [0.25, 0.3) is 0 Å². The van der Waals surface area contributed by atoms with Gasteiger partial charge >= 0.3 is 5.97 Å². The number of carbonyl (C=O) groups is 2. The van der Waals surface area contributed by atoms with E-state index in [1.807, 2.05) is 18.7 Å². The van der Waals surface area contributed by atoms with Crippen molar-refractivity contribution >= 4 is 23.3 Å². The molecule has 1 amide bonds. The molecule has 1 aromatic rings. The number of anilines is 1. The van der Waals surface area contributed by atoms with Crippen LogP contribution in [0.1, 0.15) is 44.0 Å². The van der Waals surface area contributed by atoms with E-state index in [1.54, 1.807) is 11.0 Å². The fraction of sp³-hybridized carbons (Fsp3) is 0.579. The lowest BCUT2D eigenvalue weighted by Crippen LogP contribution is -2.35. The number of carbonyl (C=O) groups excluding carboxylic acids is 2. The van der Waals surface area contributed by atoms with E-state index in [0.717, 1.165) is 25.9 Å². The van der Waals surface area contributed by atoms with Crippen molar-refractivity contribution in [2.24, 2.45) is 5.92 Å². The Kier molecular flexibility index (Phi) is 7.15. The molecule has 1 atom stereocenters. The predicted molar refractivity (Wildman–Crippen MR) is 102 cm³/mol. The molecule has 1 fully saturated rings. The average Bonchev–Trinajstić information content (AvgIpc) is 2.66. The molecule has 0 aromatic heterocycles. The van der Waals surface area contributed by atoms with Gasteiger partial charge < -0.3 is 14.5 Å². The highest BCUT2D eigenvalue weighted by molar-refractivity contribution is 5.93. The zero-order valence-electron chi connectivity index (χ0n) is 16.1. The minimum Gasteiger partial charge on any atom is -0.452 e. The summed E-state index contributed by atoms with van der Waals surface area (Å²) in [5, 5.41) is 11.5. The van der Waals surface area contributed by atoms with Gasteiger partial charge in [0.15, 0.2) is 6.61 Å². The Balaban J connectivity index is 2.13. The van der Waals surface area contributed by atoms with Crippen LogP contribution in [0.3, 0.4) is 0 Å². The van der Waals surface area contributed by atoms with Crippen molar-refractivity contribution in [2.45, 2.75) is 33.6 Å². The number of esters is 1. The standard InChI is InChI=1S/C19H27N3O5/c1-4-20(5-2)18(23)13-27-19(24)15-8-9-16(17(11-15)22(25)26)21-10-6-7-14(3)12-21/h8-9,11,14H,4-7,10,12-13H2,1-3H3. The summed E-state index contributed by atoms with van der Waals surface area (Å²) < 4.78 is 5.05. The highest BCUT2D eigenvalue weighted by Crippen LogP contribution is 2.32. The minimum absolute atomic E-state index is 0.0721. The van der Waals surface area contributed by atoms with Gasteiger partial charge in [-0.3, -0.25) is 14.9 Å². The van der Waals surface area contributed by atoms with E-state index >= 15 is 0 Å². The van der Waals surface area contributed by atoms with Gasteiger partial charge in [-0.05, 0) is 44.7 Å². The van der Waals surface area contributed by atoms with Gasteiger partial charge in [0.25, 0.3) is 11.6 Å². The Morgan fingerprint density at radius 1 is 1.33 bits per heavy atom. The van der Waals surface area contributed by atoms with Crippen LogP contribution in [0.2, 0.25) is 0 Å². The van der Waals surface area contributed by atoms with Crippen LogP contribution in [0.4, 0.5) is 11.4 Å². The molecule has 1 aliphatic rings. The fourth-order valence-corrected chi connectivity index (χ4v) is 3.35. The van der Waals surface area contributed by atoms with E-state index in [0.29, 0.717) is 24.7 Å². The lowest BCUT2D eigenvalue weighted by Gasteiger charge is -2.32. The number of amides is 1. The third-order valence-corrected chi connectivity index (χ3v) is 4.85. The van der Waals surface area contributed by atoms with Crippen LogP contribution in [-0.4, -0.2) is 54.5 Å². The smallest absolute Gasteiger partial charge is 0.338 e. The molecular weight excluding hydrogens is 350 g/mol. The molecule has 8 heteroatoms. The third kappa shape index (κ3) is 5.18. The molecular formula is C19H27N3O5. The van der Waals surface area contributed by atoms with Crippen molar-refractivity contribution in [2.75, 3.05) is 37.7 Å². The molecule has 1 saturated heterocycles. The number of nitro benzene ring substituents is 1. The van der Waals surface area contributed by atoms with Crippen LogP contribution >= 0.6 is 0 Å². The first-order valence-corrected chi connectivity index (χ1v) is 9.35. The maximum Gasteiger partial charge on any atom is 0.338 e. The quantitative estimate of drug-likeness (QED) is 0.412. The maximum atomic E-state index is 12.2. The van der Waals surface area contributed by atoms with Crippen molar-refractivity contribution in [3.63, 3.8) is 0 Å². The van der Waals surface area contributed by atoms with Gasteiger partial charge in [-0.2, -0.15) is 0 Å². The molecule has 0 spiro atoms. The van der Waals surface area contributed by atoms with Crippen molar-refractivity contribution in [3.8, 4) is 0 Å². The molecule has 2 rings (SSSR count). The first-order chi connectivity index (χ1) is 12.9. The zero-order valence-corrected chi connectivity index (χ0v) is 16.1. The number of rotatable bonds is 7. The normalized spacial score (nSPS) is 16.7. The summed E-state index contributed by atoms with van der Waals surface area (Å²) in [6.45, 7) is 7.99. The minimum atomic E-state index is -0.739. The molecule has 1 aliphatic heterocycles. The average molecular weight is 377 g/mol. The van der Waals surface area contributed by atoms with Crippen LogP contribution < -0.4 is 4.90 Å². The Bertz CT molecular complexity index is 703. The number of likely N-dealkylation sites (N-methyl/N-ethyl adjacent to an activating group) is 1. The molecule has 8 nitrogen and oxygen atoms in total. The van der Waals surface area contributed by atoms with Crippen molar-refractivity contribution in [1.29, 1.82) is 0 Å².